The highest BCUT2D eigenvalue weighted by Crippen LogP contribution is 2.40. The number of amides is 1. The van der Waals surface area contributed by atoms with Crippen LogP contribution in [0.15, 0.2) is 72.8 Å². The molecular weight excluding hydrogens is 458 g/mol. The predicted molar refractivity (Wildman–Crippen MR) is 129 cm³/mol. The van der Waals surface area contributed by atoms with Gasteiger partial charge in [-0.3, -0.25) is 4.79 Å². The maximum Gasteiger partial charge on any atom is 0.227 e. The summed E-state index contributed by atoms with van der Waals surface area (Å²) in [7, 11) is -3.34. The van der Waals surface area contributed by atoms with Gasteiger partial charge >= 0.3 is 0 Å². The van der Waals surface area contributed by atoms with Gasteiger partial charge in [0.1, 0.15) is 11.6 Å². The third-order valence-corrected chi connectivity index (χ3v) is 7.09. The molecule has 4 rings (SSSR count). The number of anilines is 1. The summed E-state index contributed by atoms with van der Waals surface area (Å²) >= 11 is 0. The molecule has 1 atom stereocenters. The third kappa shape index (κ3) is 5.34. The minimum absolute atomic E-state index is 0.0915. The molecule has 3 aromatic carbocycles. The summed E-state index contributed by atoms with van der Waals surface area (Å²) in [5.74, 6) is -1.40. The third-order valence-electron chi connectivity index (χ3n) is 6.36. The molecule has 0 saturated carbocycles. The Kier molecular flexibility index (Phi) is 6.81. The van der Waals surface area contributed by atoms with Crippen molar-refractivity contribution in [2.75, 3.05) is 24.2 Å². The standard InChI is InChI=1S/C26H26F2N2O3S/c1-34(32,33)29-14-12-26(20-7-3-2-4-8-20)13-15-30(25(31)18-26)22-9-5-6-19(16-22)23-11-10-21(27)17-24(23)28/h2-11,16-17,29H,12-15,18H2,1H3. The topological polar surface area (TPSA) is 66.5 Å². The lowest BCUT2D eigenvalue weighted by atomic mass is 9.70. The van der Waals surface area contributed by atoms with Crippen LogP contribution < -0.4 is 9.62 Å². The monoisotopic (exact) mass is 484 g/mol. The summed E-state index contributed by atoms with van der Waals surface area (Å²) < 4.78 is 53.3. The zero-order chi connectivity index (χ0) is 24.3. The Bertz CT molecular complexity index is 1300. The molecule has 1 fully saturated rings. The van der Waals surface area contributed by atoms with E-state index in [9.17, 15) is 22.0 Å². The first-order valence-corrected chi connectivity index (χ1v) is 12.9. The number of halogens is 2. The summed E-state index contributed by atoms with van der Waals surface area (Å²) in [4.78, 5) is 15.0. The number of carbonyl (C=O) groups excluding carboxylic acids is 1. The van der Waals surface area contributed by atoms with E-state index in [4.69, 9.17) is 0 Å². The number of hydrogen-bond donors (Lipinski definition) is 1. The first kappa shape index (κ1) is 24.0. The van der Waals surface area contributed by atoms with Gasteiger partial charge in [-0.05, 0) is 48.2 Å². The maximum atomic E-state index is 14.3. The molecule has 1 aliphatic rings. The van der Waals surface area contributed by atoms with Crippen molar-refractivity contribution in [2.45, 2.75) is 24.7 Å². The van der Waals surface area contributed by atoms with Crippen LogP contribution in [-0.2, 0) is 20.2 Å². The quantitative estimate of drug-likeness (QED) is 0.532. The van der Waals surface area contributed by atoms with Crippen LogP contribution in [0, 0.1) is 11.6 Å². The van der Waals surface area contributed by atoms with Crippen LogP contribution in [0.2, 0.25) is 0 Å². The molecule has 1 saturated heterocycles. The molecule has 8 heteroatoms. The van der Waals surface area contributed by atoms with Gasteiger partial charge in [-0.2, -0.15) is 0 Å². The van der Waals surface area contributed by atoms with Gasteiger partial charge in [-0.15, -0.1) is 0 Å². The molecule has 1 unspecified atom stereocenters. The Morgan fingerprint density at radius 1 is 1.00 bits per heavy atom. The molecule has 1 aliphatic heterocycles. The smallest absolute Gasteiger partial charge is 0.227 e. The van der Waals surface area contributed by atoms with E-state index in [0.29, 0.717) is 30.6 Å². The second kappa shape index (κ2) is 9.64. The van der Waals surface area contributed by atoms with Gasteiger partial charge in [-0.25, -0.2) is 21.9 Å². The van der Waals surface area contributed by atoms with E-state index in [0.717, 1.165) is 17.9 Å². The summed E-state index contributed by atoms with van der Waals surface area (Å²) in [5, 5.41) is 0. The minimum atomic E-state index is -3.34. The van der Waals surface area contributed by atoms with Crippen LogP contribution in [0.3, 0.4) is 0 Å². The van der Waals surface area contributed by atoms with Crippen molar-refractivity contribution in [2.24, 2.45) is 0 Å². The fourth-order valence-electron chi connectivity index (χ4n) is 4.63. The van der Waals surface area contributed by atoms with Gasteiger partial charge in [0, 0.05) is 42.2 Å². The molecule has 5 nitrogen and oxygen atoms in total. The first-order chi connectivity index (χ1) is 16.2. The van der Waals surface area contributed by atoms with Crippen LogP contribution in [0.1, 0.15) is 24.8 Å². The van der Waals surface area contributed by atoms with E-state index < -0.39 is 27.1 Å². The van der Waals surface area contributed by atoms with Crippen molar-refractivity contribution in [3.8, 4) is 11.1 Å². The molecule has 0 bridgehead atoms. The number of piperidine rings is 1. The van der Waals surface area contributed by atoms with Crippen LogP contribution in [-0.4, -0.2) is 33.7 Å². The van der Waals surface area contributed by atoms with Crippen molar-refractivity contribution in [3.05, 3.63) is 90.0 Å². The second-order valence-electron chi connectivity index (χ2n) is 8.71. The lowest BCUT2D eigenvalue weighted by Gasteiger charge is -2.42. The number of nitrogens with zero attached hydrogens (tertiary/aromatic N) is 1. The zero-order valence-corrected chi connectivity index (χ0v) is 19.6. The van der Waals surface area contributed by atoms with E-state index in [1.807, 2.05) is 30.3 Å². The Morgan fingerprint density at radius 2 is 1.76 bits per heavy atom. The van der Waals surface area contributed by atoms with Gasteiger partial charge in [0.15, 0.2) is 0 Å². The lowest BCUT2D eigenvalue weighted by molar-refractivity contribution is -0.121. The maximum absolute atomic E-state index is 14.3. The van der Waals surface area contributed by atoms with Crippen molar-refractivity contribution in [1.82, 2.24) is 4.72 Å². The Balaban J connectivity index is 1.59. The average molecular weight is 485 g/mol. The second-order valence-corrected chi connectivity index (χ2v) is 10.5. The normalized spacial score (nSPS) is 18.8. The summed E-state index contributed by atoms with van der Waals surface area (Å²) in [6, 6.07) is 20.1. The number of sulfonamides is 1. The molecule has 178 valence electrons. The molecule has 1 amide bonds. The molecule has 0 radical (unpaired) electrons. The predicted octanol–water partition coefficient (Wildman–Crippen LogP) is 4.64. The van der Waals surface area contributed by atoms with E-state index >= 15 is 0 Å². The van der Waals surface area contributed by atoms with Crippen LogP contribution in [0.25, 0.3) is 11.1 Å². The van der Waals surface area contributed by atoms with Crippen LogP contribution in [0.4, 0.5) is 14.5 Å². The summed E-state index contributed by atoms with van der Waals surface area (Å²) in [6.07, 6.45) is 2.47. The fourth-order valence-corrected chi connectivity index (χ4v) is 5.11. The van der Waals surface area contributed by atoms with Gasteiger partial charge < -0.3 is 4.90 Å². The van der Waals surface area contributed by atoms with E-state index in [1.54, 1.807) is 29.2 Å². The van der Waals surface area contributed by atoms with Gasteiger partial charge in [0.05, 0.1) is 6.26 Å². The molecule has 3 aromatic rings. The number of benzene rings is 3. The van der Waals surface area contributed by atoms with Crippen molar-refractivity contribution in [3.63, 3.8) is 0 Å². The Hall–Kier alpha value is -3.10. The SMILES string of the molecule is CS(=O)(=O)NCCC1(c2ccccc2)CCN(c2cccc(-c3ccc(F)cc3F)c2)C(=O)C1. The number of carbonyl (C=O) groups is 1. The summed E-state index contributed by atoms with van der Waals surface area (Å²) in [6.45, 7) is 0.669. The molecule has 1 heterocycles. The Labute approximate surface area is 198 Å². The van der Waals surface area contributed by atoms with Crippen LogP contribution >= 0.6 is 0 Å². The van der Waals surface area contributed by atoms with Crippen molar-refractivity contribution < 1.29 is 22.0 Å². The van der Waals surface area contributed by atoms with E-state index in [2.05, 4.69) is 4.72 Å². The van der Waals surface area contributed by atoms with Gasteiger partial charge in [0.2, 0.25) is 15.9 Å². The molecular formula is C26H26F2N2O3S. The number of hydrogen-bond acceptors (Lipinski definition) is 3. The van der Waals surface area contributed by atoms with Gasteiger partial charge in [-0.1, -0.05) is 42.5 Å². The average Bonchev–Trinajstić information content (AvgIpc) is 2.79. The zero-order valence-electron chi connectivity index (χ0n) is 18.8. The van der Waals surface area contributed by atoms with E-state index in [1.165, 1.54) is 12.1 Å². The highest BCUT2D eigenvalue weighted by atomic mass is 32.2. The Morgan fingerprint density at radius 3 is 2.44 bits per heavy atom. The lowest BCUT2D eigenvalue weighted by Crippen LogP contribution is -2.47. The number of nitrogens with one attached hydrogen (secondary N) is 1. The van der Waals surface area contributed by atoms with Crippen LogP contribution in [0.5, 0.6) is 0 Å². The van der Waals surface area contributed by atoms with Gasteiger partial charge in [0.25, 0.3) is 0 Å². The van der Waals surface area contributed by atoms with E-state index in [-0.39, 0.29) is 24.4 Å². The highest BCUT2D eigenvalue weighted by Gasteiger charge is 2.40. The largest absolute Gasteiger partial charge is 0.312 e. The van der Waals surface area contributed by atoms with Crippen molar-refractivity contribution >= 4 is 21.6 Å². The molecule has 0 aliphatic carbocycles. The molecule has 0 spiro atoms. The summed E-state index contributed by atoms with van der Waals surface area (Å²) in [5.41, 5.74) is 1.97. The molecule has 34 heavy (non-hydrogen) atoms. The minimum Gasteiger partial charge on any atom is -0.312 e. The highest BCUT2D eigenvalue weighted by molar-refractivity contribution is 7.88. The number of rotatable bonds is 7. The molecule has 1 N–H and O–H groups in total. The van der Waals surface area contributed by atoms with Crippen molar-refractivity contribution in [1.29, 1.82) is 0 Å². The molecule has 0 aromatic heterocycles. The first-order valence-electron chi connectivity index (χ1n) is 11.0. The fraction of sp³-hybridized carbons (Fsp3) is 0.269.